The minimum atomic E-state index is -0.810. The van der Waals surface area contributed by atoms with Crippen molar-refractivity contribution >= 4 is 17.9 Å². The molecule has 0 aromatic rings. The Labute approximate surface area is 402 Å². The van der Waals surface area contributed by atoms with Crippen LogP contribution in [0.5, 0.6) is 0 Å². The predicted molar refractivity (Wildman–Crippen MR) is 279 cm³/mol. The van der Waals surface area contributed by atoms with Crippen molar-refractivity contribution < 1.29 is 28.6 Å². The van der Waals surface area contributed by atoms with Crippen LogP contribution in [0.4, 0.5) is 0 Å². The molecule has 374 valence electrons. The van der Waals surface area contributed by atoms with Gasteiger partial charge in [-0.05, 0) is 109 Å². The second kappa shape index (κ2) is 53.5. The van der Waals surface area contributed by atoms with E-state index in [0.29, 0.717) is 19.3 Å². The van der Waals surface area contributed by atoms with Crippen LogP contribution in [0.15, 0.2) is 72.9 Å². The number of carbonyl (C=O) groups excluding carboxylic acids is 3. The first-order valence-electron chi connectivity index (χ1n) is 27.4. The van der Waals surface area contributed by atoms with Gasteiger partial charge < -0.3 is 14.2 Å². The van der Waals surface area contributed by atoms with E-state index in [1.165, 1.54) is 141 Å². The van der Waals surface area contributed by atoms with Gasteiger partial charge >= 0.3 is 17.9 Å². The van der Waals surface area contributed by atoms with Gasteiger partial charge in [-0.2, -0.15) is 0 Å². The maximum atomic E-state index is 12.8. The highest BCUT2D eigenvalue weighted by atomic mass is 16.6. The van der Waals surface area contributed by atoms with Gasteiger partial charge in [0.05, 0.1) is 0 Å². The summed E-state index contributed by atoms with van der Waals surface area (Å²) in [5.74, 6) is -0.972. The van der Waals surface area contributed by atoms with Crippen LogP contribution < -0.4 is 0 Å². The first-order chi connectivity index (χ1) is 32.0. The summed E-state index contributed by atoms with van der Waals surface area (Å²) >= 11 is 0. The van der Waals surface area contributed by atoms with E-state index in [1.807, 2.05) is 0 Å². The fourth-order valence-corrected chi connectivity index (χ4v) is 7.48. The molecular formula is C59H102O6. The van der Waals surface area contributed by atoms with E-state index in [1.54, 1.807) is 0 Å². The summed E-state index contributed by atoms with van der Waals surface area (Å²) in [6.07, 6.45) is 67.4. The van der Waals surface area contributed by atoms with E-state index in [2.05, 4.69) is 93.7 Å². The van der Waals surface area contributed by atoms with Crippen LogP contribution in [0.3, 0.4) is 0 Å². The van der Waals surface area contributed by atoms with Crippen LogP contribution in [-0.4, -0.2) is 37.2 Å². The van der Waals surface area contributed by atoms with Crippen molar-refractivity contribution in [1.82, 2.24) is 0 Å². The molecule has 0 aliphatic rings. The minimum Gasteiger partial charge on any atom is -0.462 e. The fraction of sp³-hybridized carbons (Fsp3) is 0.746. The van der Waals surface area contributed by atoms with Gasteiger partial charge in [0.2, 0.25) is 0 Å². The Bertz CT molecular complexity index is 1170. The zero-order valence-electron chi connectivity index (χ0n) is 42.7. The van der Waals surface area contributed by atoms with Gasteiger partial charge in [0.15, 0.2) is 6.10 Å². The highest BCUT2D eigenvalue weighted by Gasteiger charge is 2.19. The third-order valence-electron chi connectivity index (χ3n) is 11.7. The standard InChI is InChI=1S/C59H102O6/c1-4-7-10-13-16-19-22-25-28-29-32-35-38-41-44-47-50-53-59(62)65-56(54-63-57(60)51-48-45-42-39-36-33-30-26-23-20-17-14-11-8-5-2)55-64-58(61)52-49-46-43-40-37-34-31-27-24-21-18-15-12-9-6-3/h16,19,25-28,30-32,35,41,44,56H,4-15,17-18,20-24,29,33-34,36-40,42-43,45-55H2,1-3H3/b19-16+,28-25+,30-26+,31-27+,35-32+,44-41+. The Kier molecular flexibility index (Phi) is 50.9. The van der Waals surface area contributed by atoms with Crippen molar-refractivity contribution in [1.29, 1.82) is 0 Å². The largest absolute Gasteiger partial charge is 0.462 e. The van der Waals surface area contributed by atoms with Crippen molar-refractivity contribution in [3.8, 4) is 0 Å². The van der Waals surface area contributed by atoms with Gasteiger partial charge in [0.1, 0.15) is 13.2 Å². The molecule has 0 aliphatic heterocycles. The Morgan fingerprint density at radius 3 is 0.954 bits per heavy atom. The van der Waals surface area contributed by atoms with E-state index in [0.717, 1.165) is 77.0 Å². The topological polar surface area (TPSA) is 78.9 Å². The smallest absolute Gasteiger partial charge is 0.306 e. The number of hydrogen-bond acceptors (Lipinski definition) is 6. The number of hydrogen-bond donors (Lipinski definition) is 0. The molecule has 6 nitrogen and oxygen atoms in total. The highest BCUT2D eigenvalue weighted by Crippen LogP contribution is 2.13. The highest BCUT2D eigenvalue weighted by molar-refractivity contribution is 5.71. The number of esters is 3. The number of rotatable bonds is 49. The molecule has 0 aromatic heterocycles. The van der Waals surface area contributed by atoms with Crippen LogP contribution in [0.25, 0.3) is 0 Å². The summed E-state index contributed by atoms with van der Waals surface area (Å²) in [6.45, 7) is 6.55. The first-order valence-corrected chi connectivity index (χ1v) is 27.4. The minimum absolute atomic E-state index is 0.104. The molecule has 0 saturated carbocycles. The summed E-state index contributed by atoms with van der Waals surface area (Å²) in [7, 11) is 0. The van der Waals surface area contributed by atoms with E-state index < -0.39 is 6.10 Å². The van der Waals surface area contributed by atoms with Gasteiger partial charge in [-0.15, -0.1) is 0 Å². The summed E-state index contributed by atoms with van der Waals surface area (Å²) in [4.78, 5) is 38.0. The average molecular weight is 907 g/mol. The van der Waals surface area contributed by atoms with Crippen LogP contribution >= 0.6 is 0 Å². The lowest BCUT2D eigenvalue weighted by atomic mass is 10.1. The Morgan fingerprint density at radius 1 is 0.308 bits per heavy atom. The zero-order valence-corrected chi connectivity index (χ0v) is 42.7. The van der Waals surface area contributed by atoms with Crippen LogP contribution in [-0.2, 0) is 28.6 Å². The van der Waals surface area contributed by atoms with E-state index in [-0.39, 0.29) is 37.5 Å². The molecule has 0 rings (SSSR count). The monoisotopic (exact) mass is 907 g/mol. The van der Waals surface area contributed by atoms with Crippen LogP contribution in [0.2, 0.25) is 0 Å². The van der Waals surface area contributed by atoms with Gasteiger partial charge in [-0.1, -0.05) is 209 Å². The normalized spacial score (nSPS) is 12.2. The van der Waals surface area contributed by atoms with Gasteiger partial charge in [0, 0.05) is 19.3 Å². The van der Waals surface area contributed by atoms with Gasteiger partial charge in [-0.25, -0.2) is 0 Å². The Morgan fingerprint density at radius 2 is 0.569 bits per heavy atom. The Balaban J connectivity index is 4.50. The molecule has 0 bridgehead atoms. The summed E-state index contributed by atoms with van der Waals surface area (Å²) in [5, 5.41) is 0. The molecule has 65 heavy (non-hydrogen) atoms. The molecule has 6 heteroatoms. The maximum absolute atomic E-state index is 12.8. The number of allylic oxidation sites excluding steroid dienone is 12. The predicted octanol–water partition coefficient (Wildman–Crippen LogP) is 18.2. The number of ether oxygens (including phenoxy) is 3. The first kappa shape index (κ1) is 61.9. The second-order valence-electron chi connectivity index (χ2n) is 18.1. The lowest BCUT2D eigenvalue weighted by Crippen LogP contribution is -2.30. The Hall–Kier alpha value is -3.15. The molecule has 0 N–H and O–H groups in total. The molecule has 0 aliphatic carbocycles. The van der Waals surface area contributed by atoms with Crippen molar-refractivity contribution in [3.05, 3.63) is 72.9 Å². The van der Waals surface area contributed by atoms with Crippen molar-refractivity contribution in [2.24, 2.45) is 0 Å². The quantitative estimate of drug-likeness (QED) is 0.0262. The maximum Gasteiger partial charge on any atom is 0.306 e. The summed E-state index contributed by atoms with van der Waals surface area (Å²) < 4.78 is 16.8. The molecule has 0 saturated heterocycles. The SMILES string of the molecule is CCCCC/C=C/C/C=C/C/C=C/C/C=C/CCCC(=O)OC(COC(=O)CCCCCCC/C=C/CCCCCCCC)COC(=O)CCCCCCC/C=C/CCCCCCCC. The number of unbranched alkanes of at least 4 members (excludes halogenated alkanes) is 26. The lowest BCUT2D eigenvalue weighted by Gasteiger charge is -2.18. The summed E-state index contributed by atoms with van der Waals surface area (Å²) in [6, 6.07) is 0. The van der Waals surface area contributed by atoms with Crippen molar-refractivity contribution in [3.63, 3.8) is 0 Å². The third-order valence-corrected chi connectivity index (χ3v) is 11.7. The summed E-state index contributed by atoms with van der Waals surface area (Å²) in [5.41, 5.74) is 0. The molecule has 0 aromatic carbocycles. The molecule has 0 atom stereocenters. The average Bonchev–Trinajstić information content (AvgIpc) is 3.30. The number of carbonyl (C=O) groups is 3. The molecule has 0 fully saturated rings. The zero-order chi connectivity index (χ0) is 47.2. The molecular weight excluding hydrogens is 805 g/mol. The second-order valence-corrected chi connectivity index (χ2v) is 18.1. The van der Waals surface area contributed by atoms with E-state index in [4.69, 9.17) is 14.2 Å². The van der Waals surface area contributed by atoms with Crippen molar-refractivity contribution in [2.45, 2.75) is 271 Å². The molecule has 0 heterocycles. The molecule has 0 unspecified atom stereocenters. The van der Waals surface area contributed by atoms with Crippen LogP contribution in [0.1, 0.15) is 265 Å². The van der Waals surface area contributed by atoms with Crippen molar-refractivity contribution in [2.75, 3.05) is 13.2 Å². The fourth-order valence-electron chi connectivity index (χ4n) is 7.48. The lowest BCUT2D eigenvalue weighted by molar-refractivity contribution is -0.167. The molecule has 0 spiro atoms. The van der Waals surface area contributed by atoms with E-state index in [9.17, 15) is 14.4 Å². The molecule has 0 radical (unpaired) electrons. The van der Waals surface area contributed by atoms with Gasteiger partial charge in [0.25, 0.3) is 0 Å². The third kappa shape index (κ3) is 51.7. The van der Waals surface area contributed by atoms with Crippen LogP contribution in [0, 0.1) is 0 Å². The van der Waals surface area contributed by atoms with E-state index >= 15 is 0 Å². The van der Waals surface area contributed by atoms with Gasteiger partial charge in [-0.3, -0.25) is 14.4 Å². The molecule has 0 amide bonds.